The van der Waals surface area contributed by atoms with Crippen molar-refractivity contribution in [1.82, 2.24) is 5.32 Å². The van der Waals surface area contributed by atoms with Crippen molar-refractivity contribution in [2.75, 3.05) is 13.7 Å². The van der Waals surface area contributed by atoms with Crippen molar-refractivity contribution < 1.29 is 4.74 Å². The Hall–Kier alpha value is -1.77. The van der Waals surface area contributed by atoms with E-state index in [1.54, 1.807) is 7.11 Å². The zero-order valence-corrected chi connectivity index (χ0v) is 10.6. The maximum absolute atomic E-state index is 5.29. The van der Waals surface area contributed by atoms with Crippen molar-refractivity contribution in [3.05, 3.63) is 34.9 Å². The van der Waals surface area contributed by atoms with Crippen LogP contribution >= 0.6 is 0 Å². The zero-order chi connectivity index (χ0) is 12.4. The fraction of sp³-hybridized carbons (Fsp3) is 0.400. The summed E-state index contributed by atoms with van der Waals surface area (Å²) in [5.74, 6) is 0.938. The number of fused-ring (bicyclic) bond motifs is 1. The maximum Gasteiger partial charge on any atom is 0.119 e. The number of methoxy groups -OCH3 is 1. The van der Waals surface area contributed by atoms with Gasteiger partial charge in [0.05, 0.1) is 26.0 Å². The van der Waals surface area contributed by atoms with E-state index in [9.17, 15) is 0 Å². The maximum atomic E-state index is 5.29. The number of rotatable bonds is 3. The number of nitrogens with one attached hydrogen (secondary N) is 1. The number of aryl methyl sites for hydroxylation is 1. The van der Waals surface area contributed by atoms with Crippen LogP contribution in [0.25, 0.3) is 6.08 Å². The van der Waals surface area contributed by atoms with Gasteiger partial charge in [0, 0.05) is 0 Å². The monoisotopic (exact) mass is 242 g/mol. The van der Waals surface area contributed by atoms with Gasteiger partial charge in [0.25, 0.3) is 0 Å². The third kappa shape index (κ3) is 2.26. The van der Waals surface area contributed by atoms with Crippen LogP contribution in [0.3, 0.4) is 0 Å². The Morgan fingerprint density at radius 1 is 1.39 bits per heavy atom. The van der Waals surface area contributed by atoms with Crippen LogP contribution in [0.15, 0.2) is 28.8 Å². The zero-order valence-electron chi connectivity index (χ0n) is 10.6. The van der Waals surface area contributed by atoms with Gasteiger partial charge < -0.3 is 10.1 Å². The van der Waals surface area contributed by atoms with Crippen LogP contribution in [0.1, 0.15) is 24.0 Å². The summed E-state index contributed by atoms with van der Waals surface area (Å²) in [5.41, 5.74) is 4.25. The quantitative estimate of drug-likeness (QED) is 0.883. The van der Waals surface area contributed by atoms with Crippen molar-refractivity contribution in [3.63, 3.8) is 0 Å². The topological polar surface area (TPSA) is 33.6 Å². The van der Waals surface area contributed by atoms with Crippen molar-refractivity contribution in [2.45, 2.75) is 25.3 Å². The highest BCUT2D eigenvalue weighted by Gasteiger charge is 2.16. The Kier molecular flexibility index (Phi) is 3.05. The number of aliphatic imine (C=N–C) groups is 1. The van der Waals surface area contributed by atoms with Crippen LogP contribution in [-0.4, -0.2) is 26.0 Å². The minimum absolute atomic E-state index is 0.489. The van der Waals surface area contributed by atoms with Gasteiger partial charge in [-0.25, -0.2) is 0 Å². The summed E-state index contributed by atoms with van der Waals surface area (Å²) in [5, 5.41) is 3.29. The fourth-order valence-corrected chi connectivity index (χ4v) is 2.64. The summed E-state index contributed by atoms with van der Waals surface area (Å²) in [6, 6.07) is 6.85. The van der Waals surface area contributed by atoms with E-state index in [0.717, 1.165) is 31.6 Å². The molecule has 18 heavy (non-hydrogen) atoms. The highest BCUT2D eigenvalue weighted by Crippen LogP contribution is 2.29. The van der Waals surface area contributed by atoms with Gasteiger partial charge in [0.1, 0.15) is 5.75 Å². The molecule has 0 unspecified atom stereocenters. The molecule has 1 atom stereocenters. The van der Waals surface area contributed by atoms with Crippen LogP contribution in [0.4, 0.5) is 0 Å². The first kappa shape index (κ1) is 11.3. The predicted octanol–water partition coefficient (Wildman–Crippen LogP) is 2.42. The molecule has 2 aliphatic rings. The van der Waals surface area contributed by atoms with Gasteiger partial charge in [-0.2, -0.15) is 0 Å². The fourth-order valence-electron chi connectivity index (χ4n) is 2.64. The highest BCUT2D eigenvalue weighted by atomic mass is 16.5. The SMILES string of the molecule is COc1ccc2c(c1)C=C(C[C@@H]1CN=CN1)CC2. The van der Waals surface area contributed by atoms with Crippen LogP contribution in [0.2, 0.25) is 0 Å². The van der Waals surface area contributed by atoms with Gasteiger partial charge in [-0.05, 0) is 42.5 Å². The lowest BCUT2D eigenvalue weighted by Crippen LogP contribution is -2.25. The molecule has 0 aromatic heterocycles. The van der Waals surface area contributed by atoms with Crippen LogP contribution < -0.4 is 10.1 Å². The highest BCUT2D eigenvalue weighted by molar-refractivity contribution is 5.62. The number of benzene rings is 1. The summed E-state index contributed by atoms with van der Waals surface area (Å²) in [4.78, 5) is 4.22. The summed E-state index contributed by atoms with van der Waals surface area (Å²) < 4.78 is 5.29. The third-order valence-electron chi connectivity index (χ3n) is 3.66. The van der Waals surface area contributed by atoms with Crippen molar-refractivity contribution in [2.24, 2.45) is 4.99 Å². The predicted molar refractivity (Wildman–Crippen MR) is 74.2 cm³/mol. The van der Waals surface area contributed by atoms with E-state index in [-0.39, 0.29) is 0 Å². The molecule has 3 rings (SSSR count). The Balaban J connectivity index is 1.78. The van der Waals surface area contributed by atoms with Gasteiger partial charge in [-0.1, -0.05) is 17.7 Å². The lowest BCUT2D eigenvalue weighted by atomic mass is 9.89. The van der Waals surface area contributed by atoms with E-state index in [1.165, 1.54) is 16.7 Å². The molecule has 1 aliphatic heterocycles. The van der Waals surface area contributed by atoms with Crippen molar-refractivity contribution in [1.29, 1.82) is 0 Å². The summed E-state index contributed by atoms with van der Waals surface area (Å²) in [7, 11) is 1.72. The van der Waals surface area contributed by atoms with Gasteiger partial charge in [-0.15, -0.1) is 0 Å². The molecule has 3 heteroatoms. The van der Waals surface area contributed by atoms with E-state index >= 15 is 0 Å². The molecule has 0 saturated carbocycles. The van der Waals surface area contributed by atoms with E-state index < -0.39 is 0 Å². The molecule has 0 bridgehead atoms. The summed E-state index contributed by atoms with van der Waals surface area (Å²) in [6.07, 6.45) is 7.54. The summed E-state index contributed by atoms with van der Waals surface area (Å²) in [6.45, 7) is 0.905. The number of hydrogen-bond donors (Lipinski definition) is 1. The molecule has 1 aromatic rings. The first-order valence-corrected chi connectivity index (χ1v) is 6.46. The minimum atomic E-state index is 0.489. The summed E-state index contributed by atoms with van der Waals surface area (Å²) >= 11 is 0. The number of ether oxygens (including phenoxy) is 1. The molecule has 0 radical (unpaired) electrons. The van der Waals surface area contributed by atoms with E-state index in [4.69, 9.17) is 4.74 Å². The third-order valence-corrected chi connectivity index (χ3v) is 3.66. The van der Waals surface area contributed by atoms with Crippen LogP contribution in [0.5, 0.6) is 5.75 Å². The van der Waals surface area contributed by atoms with Gasteiger partial charge in [0.15, 0.2) is 0 Å². The van der Waals surface area contributed by atoms with Gasteiger partial charge in [-0.3, -0.25) is 4.99 Å². The van der Waals surface area contributed by atoms with Crippen LogP contribution in [0, 0.1) is 0 Å². The van der Waals surface area contributed by atoms with E-state index in [2.05, 4.69) is 28.5 Å². The average molecular weight is 242 g/mol. The number of hydrogen-bond acceptors (Lipinski definition) is 3. The normalized spacial score (nSPS) is 21.2. The van der Waals surface area contributed by atoms with Crippen molar-refractivity contribution in [3.8, 4) is 5.75 Å². The smallest absolute Gasteiger partial charge is 0.119 e. The minimum Gasteiger partial charge on any atom is -0.497 e. The average Bonchev–Trinajstić information content (AvgIpc) is 2.90. The largest absolute Gasteiger partial charge is 0.497 e. The molecular weight excluding hydrogens is 224 g/mol. The molecule has 1 aliphatic carbocycles. The number of nitrogens with zero attached hydrogens (tertiary/aromatic N) is 1. The lowest BCUT2D eigenvalue weighted by molar-refractivity contribution is 0.414. The molecule has 1 aromatic carbocycles. The Bertz CT molecular complexity index is 497. The standard InChI is InChI=1S/C15H18N2O/c1-18-15-5-4-12-3-2-11(6-13(12)8-15)7-14-9-16-10-17-14/h4-6,8,10,14H,2-3,7,9H2,1H3,(H,16,17)/t14-/m1/s1. The second kappa shape index (κ2) is 4.84. The molecular formula is C15H18N2O. The Morgan fingerprint density at radius 3 is 3.11 bits per heavy atom. The molecule has 0 amide bonds. The lowest BCUT2D eigenvalue weighted by Gasteiger charge is -2.19. The van der Waals surface area contributed by atoms with Crippen LogP contribution in [-0.2, 0) is 6.42 Å². The Morgan fingerprint density at radius 2 is 2.33 bits per heavy atom. The molecule has 94 valence electrons. The molecule has 1 heterocycles. The Labute approximate surface area is 108 Å². The second-order valence-corrected chi connectivity index (χ2v) is 4.93. The van der Waals surface area contributed by atoms with Gasteiger partial charge in [0.2, 0.25) is 0 Å². The first-order chi connectivity index (χ1) is 8.85. The first-order valence-electron chi connectivity index (χ1n) is 6.46. The molecule has 0 fully saturated rings. The molecule has 0 spiro atoms. The molecule has 1 N–H and O–H groups in total. The van der Waals surface area contributed by atoms with Crippen molar-refractivity contribution >= 4 is 12.4 Å². The second-order valence-electron chi connectivity index (χ2n) is 4.93. The molecule has 0 saturated heterocycles. The van der Waals surface area contributed by atoms with Gasteiger partial charge >= 0.3 is 0 Å². The molecule has 3 nitrogen and oxygen atoms in total. The van der Waals surface area contributed by atoms with E-state index in [1.807, 2.05) is 12.4 Å². The van der Waals surface area contributed by atoms with E-state index in [0.29, 0.717) is 6.04 Å².